The Bertz CT molecular complexity index is 1050. The van der Waals surface area contributed by atoms with Crippen LogP contribution in [-0.4, -0.2) is 24.5 Å². The monoisotopic (exact) mass is 370 g/mol. The fourth-order valence-corrected chi connectivity index (χ4v) is 3.82. The predicted molar refractivity (Wildman–Crippen MR) is 108 cm³/mol. The second-order valence-electron chi connectivity index (χ2n) is 7.23. The summed E-state index contributed by atoms with van der Waals surface area (Å²) in [5.41, 5.74) is 4.84. The van der Waals surface area contributed by atoms with Gasteiger partial charge in [0.25, 0.3) is 0 Å². The quantitative estimate of drug-likeness (QED) is 0.580. The Hall–Kier alpha value is -3.41. The SMILES string of the molecule is c1cc(NCc2ccc(-n3cccn3)cc2)cc([C@@H]2CCc3nncn3C2)c1. The molecule has 1 aliphatic rings. The number of rotatable bonds is 5. The van der Waals surface area contributed by atoms with Gasteiger partial charge in [-0.1, -0.05) is 24.3 Å². The number of nitrogens with zero attached hydrogens (tertiary/aromatic N) is 5. The molecule has 2 aromatic heterocycles. The fraction of sp³-hybridized carbons (Fsp3) is 0.227. The summed E-state index contributed by atoms with van der Waals surface area (Å²) < 4.78 is 4.04. The third-order valence-corrected chi connectivity index (χ3v) is 5.39. The molecule has 3 heterocycles. The van der Waals surface area contributed by atoms with Crippen LogP contribution < -0.4 is 5.32 Å². The summed E-state index contributed by atoms with van der Waals surface area (Å²) in [5, 5.41) is 16.0. The molecule has 0 saturated heterocycles. The number of nitrogens with one attached hydrogen (secondary N) is 1. The fourth-order valence-electron chi connectivity index (χ4n) is 3.82. The van der Waals surface area contributed by atoms with Gasteiger partial charge in [0, 0.05) is 43.5 Å². The first kappa shape index (κ1) is 16.7. The number of hydrogen-bond acceptors (Lipinski definition) is 4. The van der Waals surface area contributed by atoms with Gasteiger partial charge in [0.15, 0.2) is 0 Å². The number of aromatic nitrogens is 5. The molecule has 0 amide bonds. The third-order valence-electron chi connectivity index (χ3n) is 5.39. The van der Waals surface area contributed by atoms with E-state index in [0.29, 0.717) is 5.92 Å². The number of hydrogen-bond donors (Lipinski definition) is 1. The summed E-state index contributed by atoms with van der Waals surface area (Å²) in [7, 11) is 0. The summed E-state index contributed by atoms with van der Waals surface area (Å²) in [4.78, 5) is 0. The van der Waals surface area contributed by atoms with Gasteiger partial charge in [-0.25, -0.2) is 4.68 Å². The van der Waals surface area contributed by atoms with Crippen LogP contribution >= 0.6 is 0 Å². The van der Waals surface area contributed by atoms with Gasteiger partial charge in [0.2, 0.25) is 0 Å². The maximum Gasteiger partial charge on any atom is 0.132 e. The van der Waals surface area contributed by atoms with E-state index in [-0.39, 0.29) is 0 Å². The zero-order valence-corrected chi connectivity index (χ0v) is 15.6. The second kappa shape index (κ2) is 7.31. The zero-order chi connectivity index (χ0) is 18.8. The lowest BCUT2D eigenvalue weighted by Gasteiger charge is -2.24. The van der Waals surface area contributed by atoms with E-state index < -0.39 is 0 Å². The molecule has 2 aromatic carbocycles. The molecule has 0 saturated carbocycles. The summed E-state index contributed by atoms with van der Waals surface area (Å²) >= 11 is 0. The predicted octanol–water partition coefficient (Wildman–Crippen LogP) is 3.81. The number of anilines is 1. The van der Waals surface area contributed by atoms with Crippen molar-refractivity contribution in [2.24, 2.45) is 0 Å². The minimum Gasteiger partial charge on any atom is -0.381 e. The standard InChI is InChI=1S/C22H22N6/c1-3-18(19-7-10-22-26-24-16-27(22)15-19)13-20(4-1)23-14-17-5-8-21(9-6-17)28-12-2-11-25-28/h1-6,8-9,11-13,16,19,23H,7,10,14-15H2/t19-/m1/s1. The first-order valence-electron chi connectivity index (χ1n) is 9.65. The van der Waals surface area contributed by atoms with E-state index in [4.69, 9.17) is 0 Å². The number of fused-ring (bicyclic) bond motifs is 1. The van der Waals surface area contributed by atoms with Crippen LogP contribution in [0, 0.1) is 0 Å². The Morgan fingerprint density at radius 2 is 2.00 bits per heavy atom. The second-order valence-corrected chi connectivity index (χ2v) is 7.23. The number of aryl methyl sites for hydroxylation is 1. The maximum absolute atomic E-state index is 4.27. The van der Waals surface area contributed by atoms with Crippen molar-refractivity contribution in [1.29, 1.82) is 0 Å². The lowest BCUT2D eigenvalue weighted by atomic mass is 9.91. The lowest BCUT2D eigenvalue weighted by molar-refractivity contribution is 0.456. The van der Waals surface area contributed by atoms with Gasteiger partial charge < -0.3 is 9.88 Å². The molecule has 0 aliphatic carbocycles. The van der Waals surface area contributed by atoms with E-state index in [1.807, 2.05) is 23.3 Å². The molecule has 0 spiro atoms. The van der Waals surface area contributed by atoms with Gasteiger partial charge in [-0.2, -0.15) is 5.10 Å². The van der Waals surface area contributed by atoms with E-state index in [1.165, 1.54) is 11.1 Å². The Balaban J connectivity index is 1.25. The molecule has 0 radical (unpaired) electrons. The van der Waals surface area contributed by atoms with Crippen LogP contribution in [0.5, 0.6) is 0 Å². The van der Waals surface area contributed by atoms with Crippen molar-refractivity contribution in [3.8, 4) is 5.69 Å². The molecule has 0 bridgehead atoms. The third kappa shape index (κ3) is 3.41. The minimum absolute atomic E-state index is 0.513. The van der Waals surface area contributed by atoms with Gasteiger partial charge >= 0.3 is 0 Å². The van der Waals surface area contributed by atoms with Crippen LogP contribution in [0.2, 0.25) is 0 Å². The highest BCUT2D eigenvalue weighted by molar-refractivity contribution is 5.47. The smallest absolute Gasteiger partial charge is 0.132 e. The van der Waals surface area contributed by atoms with Crippen molar-refractivity contribution < 1.29 is 0 Å². The van der Waals surface area contributed by atoms with Crippen molar-refractivity contribution in [2.75, 3.05) is 5.32 Å². The van der Waals surface area contributed by atoms with Crippen LogP contribution in [0.15, 0.2) is 73.3 Å². The van der Waals surface area contributed by atoms with Crippen molar-refractivity contribution in [2.45, 2.75) is 31.8 Å². The molecular formula is C22H22N6. The molecule has 6 heteroatoms. The highest BCUT2D eigenvalue weighted by atomic mass is 15.3. The molecule has 5 rings (SSSR count). The van der Waals surface area contributed by atoms with Crippen LogP contribution in [0.4, 0.5) is 5.69 Å². The molecule has 1 atom stereocenters. The lowest BCUT2D eigenvalue weighted by Crippen LogP contribution is -2.18. The largest absolute Gasteiger partial charge is 0.381 e. The average Bonchev–Trinajstić information content (AvgIpc) is 3.44. The van der Waals surface area contributed by atoms with E-state index >= 15 is 0 Å². The molecule has 140 valence electrons. The first-order valence-corrected chi connectivity index (χ1v) is 9.65. The summed E-state index contributed by atoms with van der Waals surface area (Å²) in [5.74, 6) is 1.61. The van der Waals surface area contributed by atoms with Gasteiger partial charge in [-0.05, 0) is 47.9 Å². The van der Waals surface area contributed by atoms with E-state index in [1.54, 1.807) is 6.20 Å². The molecule has 6 nitrogen and oxygen atoms in total. The van der Waals surface area contributed by atoms with Crippen molar-refractivity contribution in [3.63, 3.8) is 0 Å². The summed E-state index contributed by atoms with van der Waals surface area (Å²) in [6.07, 6.45) is 7.70. The topological polar surface area (TPSA) is 60.6 Å². The van der Waals surface area contributed by atoms with Gasteiger partial charge in [0.1, 0.15) is 12.2 Å². The highest BCUT2D eigenvalue weighted by Crippen LogP contribution is 2.29. The van der Waals surface area contributed by atoms with Gasteiger partial charge in [-0.3, -0.25) is 0 Å². The normalized spacial score (nSPS) is 15.9. The Morgan fingerprint density at radius 3 is 2.86 bits per heavy atom. The van der Waals surface area contributed by atoms with Crippen LogP contribution in [0.1, 0.15) is 29.3 Å². The van der Waals surface area contributed by atoms with E-state index in [2.05, 4.69) is 73.7 Å². The molecule has 0 fully saturated rings. The highest BCUT2D eigenvalue weighted by Gasteiger charge is 2.21. The van der Waals surface area contributed by atoms with Crippen LogP contribution in [-0.2, 0) is 19.5 Å². The van der Waals surface area contributed by atoms with Gasteiger partial charge in [0.05, 0.1) is 5.69 Å². The average molecular weight is 370 g/mol. The molecule has 1 aliphatic heterocycles. The van der Waals surface area contributed by atoms with E-state index in [9.17, 15) is 0 Å². The van der Waals surface area contributed by atoms with E-state index in [0.717, 1.165) is 43.1 Å². The molecule has 28 heavy (non-hydrogen) atoms. The summed E-state index contributed by atoms with van der Waals surface area (Å²) in [6.45, 7) is 1.75. The molecule has 1 N–H and O–H groups in total. The summed E-state index contributed by atoms with van der Waals surface area (Å²) in [6, 6.07) is 19.2. The van der Waals surface area contributed by atoms with Crippen molar-refractivity contribution in [3.05, 3.63) is 90.3 Å². The van der Waals surface area contributed by atoms with Crippen LogP contribution in [0.25, 0.3) is 5.69 Å². The molecule has 4 aromatic rings. The Morgan fingerprint density at radius 1 is 1.07 bits per heavy atom. The maximum atomic E-state index is 4.27. The first-order chi connectivity index (χ1) is 13.8. The molecular weight excluding hydrogens is 348 g/mol. The minimum atomic E-state index is 0.513. The molecule has 0 unspecified atom stereocenters. The van der Waals surface area contributed by atoms with Crippen molar-refractivity contribution in [1.82, 2.24) is 24.5 Å². The van der Waals surface area contributed by atoms with Gasteiger partial charge in [-0.15, -0.1) is 10.2 Å². The van der Waals surface area contributed by atoms with Crippen molar-refractivity contribution >= 4 is 5.69 Å². The Labute approximate surface area is 163 Å². The Kier molecular flexibility index (Phi) is 4.37. The zero-order valence-electron chi connectivity index (χ0n) is 15.6. The van der Waals surface area contributed by atoms with Crippen LogP contribution in [0.3, 0.4) is 0 Å². The number of benzene rings is 2.